The SMILES string of the molecule is C[C@@H](Oc1ccc2c(-c3ccc(F)cc3Cl)ccnc2n1)C(=O)N1CCC[C@H](CC(=O)O)C1. The lowest BCUT2D eigenvalue weighted by molar-refractivity contribution is -0.143. The van der Waals surface area contributed by atoms with Crippen molar-refractivity contribution in [2.75, 3.05) is 13.1 Å². The van der Waals surface area contributed by atoms with E-state index in [1.165, 1.54) is 12.1 Å². The van der Waals surface area contributed by atoms with Crippen LogP contribution in [-0.2, 0) is 9.59 Å². The number of hydrogen-bond acceptors (Lipinski definition) is 5. The Kier molecular flexibility index (Phi) is 6.74. The number of carboxylic acids is 1. The number of aromatic nitrogens is 2. The Hall–Kier alpha value is -3.26. The van der Waals surface area contributed by atoms with E-state index in [1.54, 1.807) is 42.3 Å². The number of amides is 1. The number of carbonyl (C=O) groups is 2. The largest absolute Gasteiger partial charge is 0.481 e. The average molecular weight is 472 g/mol. The van der Waals surface area contributed by atoms with Crippen LogP contribution in [0.25, 0.3) is 22.2 Å². The monoisotopic (exact) mass is 471 g/mol. The molecule has 3 aromatic rings. The van der Waals surface area contributed by atoms with Crippen LogP contribution in [0.3, 0.4) is 0 Å². The standard InChI is InChI=1S/C24H23ClFN3O4/c1-14(24(32)29-10-2-3-15(13-29)11-22(30)31)33-21-7-6-19-17(8-9-27-23(19)28-21)18-5-4-16(26)12-20(18)25/h4-9,12,14-15H,2-3,10-11,13H2,1H3,(H,30,31)/t14-,15-/m1/s1. The van der Waals surface area contributed by atoms with Crippen molar-refractivity contribution in [1.29, 1.82) is 0 Å². The first-order valence-corrected chi connectivity index (χ1v) is 11.1. The van der Waals surface area contributed by atoms with Crippen LogP contribution >= 0.6 is 11.6 Å². The summed E-state index contributed by atoms with van der Waals surface area (Å²) in [6, 6.07) is 9.41. The van der Waals surface area contributed by atoms with E-state index in [-0.39, 0.29) is 29.1 Å². The van der Waals surface area contributed by atoms with Crippen LogP contribution in [0.15, 0.2) is 42.6 Å². The maximum absolute atomic E-state index is 13.4. The van der Waals surface area contributed by atoms with Crippen LogP contribution < -0.4 is 4.74 Å². The number of carbonyl (C=O) groups excluding carboxylic acids is 1. The van der Waals surface area contributed by atoms with Gasteiger partial charge in [-0.2, -0.15) is 4.98 Å². The minimum atomic E-state index is -0.854. The van der Waals surface area contributed by atoms with Crippen molar-refractivity contribution >= 4 is 34.5 Å². The maximum atomic E-state index is 13.4. The Morgan fingerprint density at radius 1 is 1.27 bits per heavy atom. The molecule has 33 heavy (non-hydrogen) atoms. The Bertz CT molecular complexity index is 1210. The molecule has 1 fully saturated rings. The number of nitrogens with zero attached hydrogens (tertiary/aromatic N) is 3. The Morgan fingerprint density at radius 2 is 2.09 bits per heavy atom. The van der Waals surface area contributed by atoms with Gasteiger partial charge >= 0.3 is 5.97 Å². The number of pyridine rings is 2. The molecule has 9 heteroatoms. The highest BCUT2D eigenvalue weighted by Crippen LogP contribution is 2.33. The first-order valence-electron chi connectivity index (χ1n) is 10.7. The minimum absolute atomic E-state index is 0.0490. The van der Waals surface area contributed by atoms with Gasteiger partial charge in [0.2, 0.25) is 5.88 Å². The molecule has 1 aliphatic rings. The number of fused-ring (bicyclic) bond motifs is 1. The highest BCUT2D eigenvalue weighted by atomic mass is 35.5. The molecule has 0 aliphatic carbocycles. The molecule has 1 aromatic carbocycles. The molecule has 2 atom stereocenters. The number of ether oxygens (including phenoxy) is 1. The molecule has 7 nitrogen and oxygen atoms in total. The minimum Gasteiger partial charge on any atom is -0.481 e. The maximum Gasteiger partial charge on any atom is 0.303 e. The van der Waals surface area contributed by atoms with Crippen molar-refractivity contribution in [2.45, 2.75) is 32.3 Å². The van der Waals surface area contributed by atoms with Crippen LogP contribution in [-0.4, -0.2) is 51.0 Å². The number of halogens is 2. The van der Waals surface area contributed by atoms with E-state index in [0.717, 1.165) is 18.4 Å². The van der Waals surface area contributed by atoms with Gasteiger partial charge < -0.3 is 14.7 Å². The molecular weight excluding hydrogens is 449 g/mol. The van der Waals surface area contributed by atoms with E-state index in [9.17, 15) is 14.0 Å². The summed E-state index contributed by atoms with van der Waals surface area (Å²) in [6.45, 7) is 2.64. The topological polar surface area (TPSA) is 92.6 Å². The molecule has 1 N–H and O–H groups in total. The first kappa shape index (κ1) is 22.9. The fourth-order valence-electron chi connectivity index (χ4n) is 4.19. The van der Waals surface area contributed by atoms with Crippen molar-refractivity contribution in [2.24, 2.45) is 5.92 Å². The van der Waals surface area contributed by atoms with Crippen molar-refractivity contribution in [1.82, 2.24) is 14.9 Å². The lowest BCUT2D eigenvalue weighted by atomic mass is 9.94. The summed E-state index contributed by atoms with van der Waals surface area (Å²) in [7, 11) is 0. The number of carboxylic acid groups (broad SMARTS) is 1. The van der Waals surface area contributed by atoms with Crippen molar-refractivity contribution in [3.8, 4) is 17.0 Å². The number of benzene rings is 1. The average Bonchev–Trinajstić information content (AvgIpc) is 2.78. The van der Waals surface area contributed by atoms with E-state index in [4.69, 9.17) is 21.4 Å². The molecule has 0 unspecified atom stereocenters. The van der Waals surface area contributed by atoms with Crippen molar-refractivity contribution in [3.63, 3.8) is 0 Å². The fourth-order valence-corrected chi connectivity index (χ4v) is 4.46. The lowest BCUT2D eigenvalue weighted by Crippen LogP contribution is -2.46. The summed E-state index contributed by atoms with van der Waals surface area (Å²) in [4.78, 5) is 34.3. The zero-order chi connectivity index (χ0) is 23.5. The Balaban J connectivity index is 1.51. The predicted octanol–water partition coefficient (Wildman–Crippen LogP) is 4.57. The Labute approximate surface area is 195 Å². The molecular formula is C24H23ClFN3O4. The predicted molar refractivity (Wildman–Crippen MR) is 122 cm³/mol. The summed E-state index contributed by atoms with van der Waals surface area (Å²) in [5, 5.41) is 10.0. The second-order valence-corrected chi connectivity index (χ2v) is 8.56. The van der Waals surface area contributed by atoms with Gasteiger partial charge in [-0.1, -0.05) is 11.6 Å². The van der Waals surface area contributed by atoms with Crippen LogP contribution in [0.5, 0.6) is 5.88 Å². The first-order chi connectivity index (χ1) is 15.8. The molecule has 4 rings (SSSR count). The second-order valence-electron chi connectivity index (χ2n) is 8.15. The number of rotatable bonds is 6. The fraction of sp³-hybridized carbons (Fsp3) is 0.333. The van der Waals surface area contributed by atoms with Crippen molar-refractivity contribution in [3.05, 3.63) is 53.4 Å². The molecule has 2 aromatic heterocycles. The molecule has 1 amide bonds. The molecule has 0 bridgehead atoms. The molecule has 3 heterocycles. The third-order valence-electron chi connectivity index (χ3n) is 5.74. The molecule has 0 spiro atoms. The summed E-state index contributed by atoms with van der Waals surface area (Å²) in [5.41, 5.74) is 1.82. The summed E-state index contributed by atoms with van der Waals surface area (Å²) >= 11 is 6.23. The molecule has 172 valence electrons. The van der Waals surface area contributed by atoms with Crippen LogP contribution in [0.1, 0.15) is 26.2 Å². The van der Waals surface area contributed by atoms with Gasteiger partial charge in [0, 0.05) is 42.7 Å². The molecule has 0 saturated carbocycles. The Morgan fingerprint density at radius 3 is 2.85 bits per heavy atom. The van der Waals surface area contributed by atoms with E-state index < -0.39 is 17.9 Å². The van der Waals surface area contributed by atoms with Gasteiger partial charge in [0.25, 0.3) is 5.91 Å². The number of aliphatic carboxylic acids is 1. The highest BCUT2D eigenvalue weighted by Gasteiger charge is 2.29. The van der Waals surface area contributed by atoms with Gasteiger partial charge in [-0.15, -0.1) is 0 Å². The smallest absolute Gasteiger partial charge is 0.303 e. The summed E-state index contributed by atoms with van der Waals surface area (Å²) < 4.78 is 19.3. The van der Waals surface area contributed by atoms with Gasteiger partial charge in [-0.05, 0) is 61.6 Å². The normalized spacial score (nSPS) is 17.1. The van der Waals surface area contributed by atoms with Gasteiger partial charge in [-0.3, -0.25) is 9.59 Å². The number of likely N-dealkylation sites (tertiary alicyclic amines) is 1. The zero-order valence-corrected chi connectivity index (χ0v) is 18.8. The van der Waals surface area contributed by atoms with Crippen LogP contribution in [0, 0.1) is 11.7 Å². The lowest BCUT2D eigenvalue weighted by Gasteiger charge is -2.33. The van der Waals surface area contributed by atoms with Crippen molar-refractivity contribution < 1.29 is 23.8 Å². The van der Waals surface area contributed by atoms with E-state index in [2.05, 4.69) is 9.97 Å². The summed E-state index contributed by atoms with van der Waals surface area (Å²) in [6.07, 6.45) is 2.41. The zero-order valence-electron chi connectivity index (χ0n) is 18.0. The molecule has 0 radical (unpaired) electrons. The van der Waals surface area contributed by atoms with Crippen LogP contribution in [0.2, 0.25) is 5.02 Å². The third-order valence-corrected chi connectivity index (χ3v) is 6.05. The number of hydrogen-bond donors (Lipinski definition) is 1. The molecule has 1 saturated heterocycles. The number of piperidine rings is 1. The summed E-state index contributed by atoms with van der Waals surface area (Å²) in [5.74, 6) is -1.28. The van der Waals surface area contributed by atoms with Gasteiger partial charge in [0.15, 0.2) is 11.8 Å². The van der Waals surface area contributed by atoms with Crippen LogP contribution in [0.4, 0.5) is 4.39 Å². The second kappa shape index (κ2) is 9.70. The van der Waals surface area contributed by atoms with E-state index in [1.807, 2.05) is 0 Å². The molecule has 1 aliphatic heterocycles. The van der Waals surface area contributed by atoms with Gasteiger partial charge in [0.1, 0.15) is 5.82 Å². The highest BCUT2D eigenvalue weighted by molar-refractivity contribution is 6.33. The van der Waals surface area contributed by atoms with E-state index >= 15 is 0 Å². The van der Waals surface area contributed by atoms with Gasteiger partial charge in [-0.25, -0.2) is 9.37 Å². The van der Waals surface area contributed by atoms with Gasteiger partial charge in [0.05, 0.1) is 5.02 Å². The quantitative estimate of drug-likeness (QED) is 0.566. The van der Waals surface area contributed by atoms with E-state index in [0.29, 0.717) is 29.7 Å². The third kappa shape index (κ3) is 5.22.